The zero-order chi connectivity index (χ0) is 15.1. The van der Waals surface area contributed by atoms with E-state index in [9.17, 15) is 4.79 Å². The molecule has 0 aliphatic carbocycles. The number of nitrogens with one attached hydrogen (secondary N) is 1. The van der Waals surface area contributed by atoms with Crippen LogP contribution in [0, 0.1) is 0 Å². The molecule has 3 heteroatoms. The van der Waals surface area contributed by atoms with Crippen molar-refractivity contribution in [1.82, 2.24) is 0 Å². The van der Waals surface area contributed by atoms with Gasteiger partial charge in [-0.1, -0.05) is 48.5 Å². The van der Waals surface area contributed by atoms with E-state index in [2.05, 4.69) is 23.5 Å². The van der Waals surface area contributed by atoms with E-state index in [1.54, 1.807) is 0 Å². The van der Waals surface area contributed by atoms with Gasteiger partial charge >= 0.3 is 5.97 Å². The number of carbonyl (C=O) groups excluding carboxylic acids is 1. The molecule has 0 bridgehead atoms. The van der Waals surface area contributed by atoms with Crippen molar-refractivity contribution >= 4 is 11.7 Å². The third-order valence-corrected chi connectivity index (χ3v) is 3.36. The molecule has 2 aromatic carbocycles. The SMILES string of the molecule is COC(=O)CC(C)Nc1ccccc1Cc1ccccc1. The number of hydrogen-bond acceptors (Lipinski definition) is 3. The molecule has 0 radical (unpaired) electrons. The van der Waals surface area contributed by atoms with E-state index in [1.807, 2.05) is 43.3 Å². The first-order valence-electron chi connectivity index (χ1n) is 7.14. The molecular weight excluding hydrogens is 262 g/mol. The fourth-order valence-electron chi connectivity index (χ4n) is 2.28. The minimum absolute atomic E-state index is 0.0365. The second kappa shape index (κ2) is 7.48. The van der Waals surface area contributed by atoms with Gasteiger partial charge in [-0.3, -0.25) is 4.79 Å². The molecule has 3 nitrogen and oxygen atoms in total. The van der Waals surface area contributed by atoms with Crippen molar-refractivity contribution in [1.29, 1.82) is 0 Å². The molecule has 1 N–H and O–H groups in total. The van der Waals surface area contributed by atoms with E-state index in [0.29, 0.717) is 6.42 Å². The molecule has 110 valence electrons. The first-order valence-corrected chi connectivity index (χ1v) is 7.14. The third-order valence-electron chi connectivity index (χ3n) is 3.36. The van der Waals surface area contributed by atoms with Crippen LogP contribution in [0.5, 0.6) is 0 Å². The van der Waals surface area contributed by atoms with E-state index in [1.165, 1.54) is 18.2 Å². The molecule has 0 amide bonds. The lowest BCUT2D eigenvalue weighted by Gasteiger charge is -2.17. The number of ether oxygens (including phenoxy) is 1. The maximum absolute atomic E-state index is 11.3. The van der Waals surface area contributed by atoms with E-state index in [4.69, 9.17) is 4.74 Å². The maximum Gasteiger partial charge on any atom is 0.307 e. The zero-order valence-electron chi connectivity index (χ0n) is 12.5. The Hall–Kier alpha value is -2.29. The second-order valence-corrected chi connectivity index (χ2v) is 5.15. The molecule has 0 aliphatic rings. The summed E-state index contributed by atoms with van der Waals surface area (Å²) >= 11 is 0. The molecule has 0 saturated carbocycles. The number of benzene rings is 2. The number of para-hydroxylation sites is 1. The van der Waals surface area contributed by atoms with E-state index in [0.717, 1.165) is 12.1 Å². The molecule has 2 rings (SSSR count). The van der Waals surface area contributed by atoms with Crippen molar-refractivity contribution in [3.8, 4) is 0 Å². The van der Waals surface area contributed by atoms with Gasteiger partial charge in [0, 0.05) is 11.7 Å². The monoisotopic (exact) mass is 283 g/mol. The topological polar surface area (TPSA) is 38.3 Å². The first kappa shape index (κ1) is 15.1. The summed E-state index contributed by atoms with van der Waals surface area (Å²) in [6.07, 6.45) is 1.23. The Morgan fingerprint density at radius 1 is 1.10 bits per heavy atom. The van der Waals surface area contributed by atoms with Crippen LogP contribution < -0.4 is 5.32 Å². The molecule has 21 heavy (non-hydrogen) atoms. The lowest BCUT2D eigenvalue weighted by Crippen LogP contribution is -2.21. The van der Waals surface area contributed by atoms with Gasteiger partial charge in [0.15, 0.2) is 0 Å². The summed E-state index contributed by atoms with van der Waals surface area (Å²) in [6.45, 7) is 1.98. The van der Waals surface area contributed by atoms with E-state index < -0.39 is 0 Å². The van der Waals surface area contributed by atoms with Gasteiger partial charge in [-0.05, 0) is 30.5 Å². The number of hydrogen-bond donors (Lipinski definition) is 1. The van der Waals surface area contributed by atoms with Crippen molar-refractivity contribution in [3.05, 3.63) is 65.7 Å². The average molecular weight is 283 g/mol. The van der Waals surface area contributed by atoms with Crippen LogP contribution in [0.2, 0.25) is 0 Å². The predicted octanol–water partition coefficient (Wildman–Crippen LogP) is 3.64. The summed E-state index contributed by atoms with van der Waals surface area (Å²) in [5.74, 6) is -0.199. The minimum Gasteiger partial charge on any atom is -0.469 e. The number of carbonyl (C=O) groups is 1. The molecule has 0 spiro atoms. The fourth-order valence-corrected chi connectivity index (χ4v) is 2.28. The van der Waals surface area contributed by atoms with Gasteiger partial charge < -0.3 is 10.1 Å². The molecule has 1 unspecified atom stereocenters. The highest BCUT2D eigenvalue weighted by molar-refractivity contribution is 5.70. The van der Waals surface area contributed by atoms with Crippen LogP contribution in [0.4, 0.5) is 5.69 Å². The molecule has 0 saturated heterocycles. The Bertz CT molecular complexity index is 581. The molecule has 2 aromatic rings. The average Bonchev–Trinajstić information content (AvgIpc) is 2.50. The second-order valence-electron chi connectivity index (χ2n) is 5.15. The molecule has 0 aliphatic heterocycles. The highest BCUT2D eigenvalue weighted by Gasteiger charge is 2.11. The Morgan fingerprint density at radius 2 is 1.76 bits per heavy atom. The summed E-state index contributed by atoms with van der Waals surface area (Å²) < 4.78 is 4.71. The molecule has 0 heterocycles. The number of esters is 1. The Kier molecular flexibility index (Phi) is 5.38. The third kappa shape index (κ3) is 4.63. The van der Waals surface area contributed by atoms with Gasteiger partial charge in [-0.25, -0.2) is 0 Å². The van der Waals surface area contributed by atoms with Crippen LogP contribution in [-0.2, 0) is 16.0 Å². The van der Waals surface area contributed by atoms with Crippen LogP contribution in [-0.4, -0.2) is 19.1 Å². The quantitative estimate of drug-likeness (QED) is 0.823. The van der Waals surface area contributed by atoms with Crippen molar-refractivity contribution in [2.45, 2.75) is 25.8 Å². The van der Waals surface area contributed by atoms with Gasteiger partial charge in [0.1, 0.15) is 0 Å². The van der Waals surface area contributed by atoms with Crippen LogP contribution >= 0.6 is 0 Å². The molecule has 1 atom stereocenters. The molecule has 0 aromatic heterocycles. The summed E-state index contributed by atoms with van der Waals surface area (Å²) in [7, 11) is 1.42. The Morgan fingerprint density at radius 3 is 2.48 bits per heavy atom. The summed E-state index contributed by atoms with van der Waals surface area (Å²) in [5, 5.41) is 3.40. The van der Waals surface area contributed by atoms with E-state index in [-0.39, 0.29) is 12.0 Å². The minimum atomic E-state index is -0.199. The largest absolute Gasteiger partial charge is 0.469 e. The molecule has 0 fully saturated rings. The van der Waals surface area contributed by atoms with Crippen LogP contribution in [0.1, 0.15) is 24.5 Å². The highest BCUT2D eigenvalue weighted by atomic mass is 16.5. The van der Waals surface area contributed by atoms with Crippen molar-refractivity contribution in [2.24, 2.45) is 0 Å². The normalized spacial score (nSPS) is 11.7. The summed E-state index contributed by atoms with van der Waals surface area (Å²) in [4.78, 5) is 11.3. The Labute approximate surface area is 126 Å². The smallest absolute Gasteiger partial charge is 0.307 e. The van der Waals surface area contributed by atoms with Crippen molar-refractivity contribution in [2.75, 3.05) is 12.4 Å². The number of methoxy groups -OCH3 is 1. The van der Waals surface area contributed by atoms with Gasteiger partial charge in [-0.15, -0.1) is 0 Å². The van der Waals surface area contributed by atoms with Gasteiger partial charge in [0.2, 0.25) is 0 Å². The van der Waals surface area contributed by atoms with Crippen molar-refractivity contribution in [3.63, 3.8) is 0 Å². The number of anilines is 1. The zero-order valence-corrected chi connectivity index (χ0v) is 12.5. The maximum atomic E-state index is 11.3. The first-order chi connectivity index (χ1) is 10.2. The Balaban J connectivity index is 2.08. The van der Waals surface area contributed by atoms with Gasteiger partial charge in [-0.2, -0.15) is 0 Å². The standard InChI is InChI=1S/C18H21NO2/c1-14(12-18(20)21-2)19-17-11-7-6-10-16(17)13-15-8-4-3-5-9-15/h3-11,14,19H,12-13H2,1-2H3. The lowest BCUT2D eigenvalue weighted by atomic mass is 10.0. The molecular formula is C18H21NO2. The lowest BCUT2D eigenvalue weighted by molar-refractivity contribution is -0.140. The van der Waals surface area contributed by atoms with Crippen LogP contribution in [0.25, 0.3) is 0 Å². The number of rotatable bonds is 6. The fraction of sp³-hybridized carbons (Fsp3) is 0.278. The predicted molar refractivity (Wildman–Crippen MR) is 85.4 cm³/mol. The van der Waals surface area contributed by atoms with Crippen LogP contribution in [0.15, 0.2) is 54.6 Å². The van der Waals surface area contributed by atoms with E-state index >= 15 is 0 Å². The van der Waals surface area contributed by atoms with Gasteiger partial charge in [0.25, 0.3) is 0 Å². The summed E-state index contributed by atoms with van der Waals surface area (Å²) in [6, 6.07) is 18.6. The van der Waals surface area contributed by atoms with Crippen molar-refractivity contribution < 1.29 is 9.53 Å². The van der Waals surface area contributed by atoms with Crippen LogP contribution in [0.3, 0.4) is 0 Å². The van der Waals surface area contributed by atoms with Gasteiger partial charge in [0.05, 0.1) is 13.5 Å². The highest BCUT2D eigenvalue weighted by Crippen LogP contribution is 2.20. The summed E-state index contributed by atoms with van der Waals surface area (Å²) in [5.41, 5.74) is 3.56.